The summed E-state index contributed by atoms with van der Waals surface area (Å²) in [6.45, 7) is 8.18. The maximum atomic E-state index is 12.8. The number of benzene rings is 1. The van der Waals surface area contributed by atoms with Gasteiger partial charge in [-0.1, -0.05) is 44.9 Å². The summed E-state index contributed by atoms with van der Waals surface area (Å²) in [5.41, 5.74) is -0.0270. The fraction of sp³-hybridized carbons (Fsp3) is 0.550. The van der Waals surface area contributed by atoms with Gasteiger partial charge in [-0.2, -0.15) is 5.10 Å². The Morgan fingerprint density at radius 3 is 2.56 bits per heavy atom. The highest BCUT2D eigenvalue weighted by molar-refractivity contribution is 6.04. The third kappa shape index (κ3) is 4.36. The van der Waals surface area contributed by atoms with E-state index in [1.54, 1.807) is 24.3 Å². The third-order valence-corrected chi connectivity index (χ3v) is 5.49. The molecule has 27 heavy (non-hydrogen) atoms. The van der Waals surface area contributed by atoms with E-state index in [1.165, 1.54) is 0 Å². The molecule has 0 radical (unpaired) electrons. The number of carbonyl (C=O) groups excluding carboxylic acids is 1. The second-order valence-corrected chi connectivity index (χ2v) is 6.95. The molecule has 1 aromatic heterocycles. The Kier molecular flexibility index (Phi) is 6.58. The number of amides is 1. The molecule has 1 amide bonds. The van der Waals surface area contributed by atoms with Crippen molar-refractivity contribution in [2.75, 3.05) is 32.8 Å². The van der Waals surface area contributed by atoms with Crippen LogP contribution >= 0.6 is 0 Å². The quantitative estimate of drug-likeness (QED) is 0.774. The van der Waals surface area contributed by atoms with E-state index >= 15 is 0 Å². The van der Waals surface area contributed by atoms with Crippen LogP contribution in [0, 0.1) is 5.92 Å². The second-order valence-electron chi connectivity index (χ2n) is 6.95. The number of aromatic nitrogens is 2. The summed E-state index contributed by atoms with van der Waals surface area (Å²) in [6.07, 6.45) is 2.13. The van der Waals surface area contributed by atoms with Crippen molar-refractivity contribution >= 4 is 16.7 Å². The van der Waals surface area contributed by atoms with E-state index < -0.39 is 0 Å². The molecule has 0 unspecified atom stereocenters. The number of nitrogens with one attached hydrogen (secondary N) is 2. The summed E-state index contributed by atoms with van der Waals surface area (Å²) in [5, 5.41) is 10.5. The third-order valence-electron chi connectivity index (χ3n) is 5.49. The lowest BCUT2D eigenvalue weighted by Crippen LogP contribution is -2.52. The number of rotatable bonds is 7. The van der Waals surface area contributed by atoms with Crippen molar-refractivity contribution in [3.63, 3.8) is 0 Å². The van der Waals surface area contributed by atoms with Gasteiger partial charge in [0.05, 0.1) is 18.6 Å². The molecular formula is C20H28N4O3. The first kappa shape index (κ1) is 19.5. The zero-order valence-electron chi connectivity index (χ0n) is 16.0. The topological polar surface area (TPSA) is 87.3 Å². The molecule has 1 aliphatic heterocycles. The number of hydrogen-bond acceptors (Lipinski definition) is 5. The van der Waals surface area contributed by atoms with Crippen molar-refractivity contribution in [2.45, 2.75) is 32.7 Å². The Morgan fingerprint density at radius 1 is 1.22 bits per heavy atom. The van der Waals surface area contributed by atoms with E-state index in [0.717, 1.165) is 39.1 Å². The van der Waals surface area contributed by atoms with Crippen molar-refractivity contribution in [1.82, 2.24) is 20.4 Å². The van der Waals surface area contributed by atoms with Crippen LogP contribution in [0.5, 0.6) is 0 Å². The zero-order valence-corrected chi connectivity index (χ0v) is 16.0. The Morgan fingerprint density at radius 2 is 1.89 bits per heavy atom. The average molecular weight is 372 g/mol. The molecule has 1 fully saturated rings. The Balaban J connectivity index is 1.78. The van der Waals surface area contributed by atoms with Gasteiger partial charge in [0, 0.05) is 31.1 Å². The predicted octanol–water partition coefficient (Wildman–Crippen LogP) is 1.79. The molecule has 0 spiro atoms. The van der Waals surface area contributed by atoms with Crippen molar-refractivity contribution in [3.8, 4) is 0 Å². The molecule has 1 atom stereocenters. The predicted molar refractivity (Wildman–Crippen MR) is 105 cm³/mol. The molecule has 146 valence electrons. The maximum Gasteiger partial charge on any atom is 0.272 e. The summed E-state index contributed by atoms with van der Waals surface area (Å²) in [6, 6.07) is 7.31. The van der Waals surface area contributed by atoms with Crippen LogP contribution in [0.25, 0.3) is 10.8 Å². The molecule has 2 N–H and O–H groups in total. The van der Waals surface area contributed by atoms with Gasteiger partial charge in [-0.05, 0) is 12.0 Å². The number of morpholine rings is 1. The first-order valence-corrected chi connectivity index (χ1v) is 9.73. The van der Waals surface area contributed by atoms with Crippen LogP contribution < -0.4 is 10.9 Å². The number of fused-ring (bicyclic) bond motifs is 1. The molecule has 2 heterocycles. The molecule has 3 rings (SSSR count). The summed E-state index contributed by atoms with van der Waals surface area (Å²) >= 11 is 0. The lowest BCUT2D eigenvalue weighted by atomic mass is 9.92. The molecule has 1 aliphatic rings. The van der Waals surface area contributed by atoms with Crippen molar-refractivity contribution in [3.05, 3.63) is 40.3 Å². The van der Waals surface area contributed by atoms with Crippen molar-refractivity contribution < 1.29 is 9.53 Å². The highest BCUT2D eigenvalue weighted by Crippen LogP contribution is 2.20. The Hall–Kier alpha value is -2.25. The number of nitrogens with zero attached hydrogens (tertiary/aromatic N) is 2. The fourth-order valence-electron chi connectivity index (χ4n) is 3.90. The summed E-state index contributed by atoms with van der Waals surface area (Å²) in [4.78, 5) is 27.2. The number of hydrogen-bond donors (Lipinski definition) is 2. The van der Waals surface area contributed by atoms with Crippen LogP contribution in [0.3, 0.4) is 0 Å². The second kappa shape index (κ2) is 9.10. The largest absolute Gasteiger partial charge is 0.379 e. The van der Waals surface area contributed by atoms with Crippen LogP contribution in [-0.2, 0) is 4.74 Å². The van der Waals surface area contributed by atoms with E-state index in [4.69, 9.17) is 4.74 Å². The minimum Gasteiger partial charge on any atom is -0.379 e. The maximum absolute atomic E-state index is 12.8. The van der Waals surface area contributed by atoms with Gasteiger partial charge in [0.25, 0.3) is 11.5 Å². The summed E-state index contributed by atoms with van der Waals surface area (Å²) in [7, 11) is 0. The first-order chi connectivity index (χ1) is 13.2. The van der Waals surface area contributed by atoms with Gasteiger partial charge < -0.3 is 10.1 Å². The van der Waals surface area contributed by atoms with Gasteiger partial charge in [-0.3, -0.25) is 14.5 Å². The molecule has 0 bridgehead atoms. The van der Waals surface area contributed by atoms with E-state index in [0.29, 0.717) is 23.2 Å². The lowest BCUT2D eigenvalue weighted by molar-refractivity contribution is 0.00190. The minimum atomic E-state index is -0.287. The van der Waals surface area contributed by atoms with Crippen LogP contribution in [0.4, 0.5) is 0 Å². The zero-order chi connectivity index (χ0) is 19.2. The number of carbonyl (C=O) groups is 1. The Labute approximate surface area is 159 Å². The van der Waals surface area contributed by atoms with Gasteiger partial charge in [-0.15, -0.1) is 0 Å². The highest BCUT2D eigenvalue weighted by Gasteiger charge is 2.27. The highest BCUT2D eigenvalue weighted by atomic mass is 16.5. The van der Waals surface area contributed by atoms with Crippen LogP contribution in [0.2, 0.25) is 0 Å². The summed E-state index contributed by atoms with van der Waals surface area (Å²) < 4.78 is 5.48. The fourth-order valence-corrected chi connectivity index (χ4v) is 3.90. The lowest BCUT2D eigenvalue weighted by Gasteiger charge is -2.38. The van der Waals surface area contributed by atoms with Crippen LogP contribution in [-0.4, -0.2) is 59.9 Å². The van der Waals surface area contributed by atoms with E-state index in [9.17, 15) is 9.59 Å². The number of ether oxygens (including phenoxy) is 1. The van der Waals surface area contributed by atoms with Gasteiger partial charge in [0.1, 0.15) is 0 Å². The molecule has 2 aromatic rings. The van der Waals surface area contributed by atoms with E-state index in [2.05, 4.69) is 34.3 Å². The van der Waals surface area contributed by atoms with Gasteiger partial charge >= 0.3 is 0 Å². The van der Waals surface area contributed by atoms with Gasteiger partial charge in [-0.25, -0.2) is 5.10 Å². The molecule has 7 nitrogen and oxygen atoms in total. The molecule has 1 saturated heterocycles. The van der Waals surface area contributed by atoms with Crippen molar-refractivity contribution in [2.24, 2.45) is 5.92 Å². The smallest absolute Gasteiger partial charge is 0.272 e. The van der Waals surface area contributed by atoms with Gasteiger partial charge in [0.15, 0.2) is 5.69 Å². The van der Waals surface area contributed by atoms with Crippen molar-refractivity contribution in [1.29, 1.82) is 0 Å². The number of aromatic amines is 1. The normalized spacial score (nSPS) is 16.6. The van der Waals surface area contributed by atoms with E-state index in [-0.39, 0.29) is 23.2 Å². The number of H-pyrrole nitrogens is 1. The summed E-state index contributed by atoms with van der Waals surface area (Å²) in [5.74, 6) is 0.246. The monoisotopic (exact) mass is 372 g/mol. The molecule has 0 aliphatic carbocycles. The Bertz CT molecular complexity index is 825. The molecule has 7 heteroatoms. The van der Waals surface area contributed by atoms with E-state index in [1.807, 2.05) is 0 Å². The minimum absolute atomic E-state index is 0.258. The average Bonchev–Trinajstić information content (AvgIpc) is 2.72. The molecular weight excluding hydrogens is 344 g/mol. The van der Waals surface area contributed by atoms with Crippen LogP contribution in [0.15, 0.2) is 29.1 Å². The molecule has 0 saturated carbocycles. The SMILES string of the molecule is CCC(CC)[C@H](CNC(=O)c1n[nH]c(=O)c2ccccc12)N1CCOCC1. The first-order valence-electron chi connectivity index (χ1n) is 9.73. The van der Waals surface area contributed by atoms with Crippen LogP contribution in [0.1, 0.15) is 37.2 Å². The molecule has 1 aromatic carbocycles. The van der Waals surface area contributed by atoms with Gasteiger partial charge in [0.2, 0.25) is 0 Å². The standard InChI is InChI=1S/C20H28N4O3/c1-3-14(4-2)17(24-9-11-27-12-10-24)13-21-20(26)18-15-7-5-6-8-16(15)19(25)23-22-18/h5-8,14,17H,3-4,9-13H2,1-2H3,(H,21,26)(H,23,25)/t17-/m0/s1.